The molecule has 3 fully saturated rings. The van der Waals surface area contributed by atoms with E-state index >= 15 is 0 Å². The summed E-state index contributed by atoms with van der Waals surface area (Å²) in [5.41, 5.74) is -4.30. The van der Waals surface area contributed by atoms with E-state index in [2.05, 4.69) is 68.7 Å². The van der Waals surface area contributed by atoms with Crippen LogP contribution in [0.5, 0.6) is 17.2 Å². The first-order valence-corrected chi connectivity index (χ1v) is 38.5. The molecular weight excluding hydrogens is 1560 g/mol. The first-order chi connectivity index (χ1) is 56.2. The van der Waals surface area contributed by atoms with Crippen molar-refractivity contribution >= 4 is 100 Å². The third kappa shape index (κ3) is 25.2. The molecule has 118 heavy (non-hydrogen) atoms. The standard InChI is InChI=1S/C75H102N14O29/c1-38(68(104)80-22-23-81-74(109)75(110)32-43-60(66(103)62-61(64(43)101)63(100)42-11-9-13-47(111-5)59(42)65(62)102)48(33-75)117-58-31-46-67(40(3)116-58)118-71-73(112-6)115-30-27-88(46)71)85-69(105)39(2)84-53(95)35-82-52(94)34-83-70(106)44(87-51(93)19-21-77-49(91)14-10-26-89-56(98)17-18-57(89)99)12-7-8-20-76-54(96)36-114-29-25-79-55(97)37-113-28-24-78-50(92)16-15-45(72(107)108)86-41(4)90/h9,11,13,17-18,38-40,44-46,48,58,67,71,73,101,103,110H,7-8,10,12,14-16,19-37H2,1-6H3,(H,76,96)(H,77,91)(H,78,92)(H,79,97)(H,80,104)(H,81,109)(H,82,94)(H,83,106)(H,84,95)(H,85,105)(H,86,90)(H,87,93)(H,107,108)/t38-,39-,40-,44-,45-,46-,48-,58-,67+,71?,73-,75-/m0/s1. The predicted molar refractivity (Wildman–Crippen MR) is 402 cm³/mol. The second-order valence-corrected chi connectivity index (χ2v) is 28.5. The molecule has 3 saturated heterocycles. The third-order valence-corrected chi connectivity index (χ3v) is 19.9. The number of carboxylic acids is 1. The van der Waals surface area contributed by atoms with E-state index in [1.807, 2.05) is 0 Å². The van der Waals surface area contributed by atoms with Crippen molar-refractivity contribution in [1.29, 1.82) is 0 Å². The molecular formula is C75H102N14O29. The molecule has 646 valence electrons. The van der Waals surface area contributed by atoms with Crippen LogP contribution in [-0.2, 0) is 111 Å². The van der Waals surface area contributed by atoms with E-state index in [1.165, 1.54) is 46.3 Å². The second kappa shape index (κ2) is 43.9. The van der Waals surface area contributed by atoms with E-state index in [1.54, 1.807) is 6.92 Å². The Balaban J connectivity index is 0.752. The Hall–Kier alpha value is -11.2. The Bertz CT molecular complexity index is 4130. The first-order valence-electron chi connectivity index (χ1n) is 38.5. The minimum atomic E-state index is -2.46. The van der Waals surface area contributed by atoms with E-state index in [0.717, 1.165) is 24.0 Å². The fraction of sp³-hybridized carbons (Fsp3) is 0.587. The number of nitrogens with one attached hydrogen (secondary N) is 12. The van der Waals surface area contributed by atoms with Crippen LogP contribution in [-0.4, -0.2) is 310 Å². The van der Waals surface area contributed by atoms with Crippen LogP contribution < -0.4 is 68.5 Å². The SMILES string of the molecule is COc1cccc2c1C(=O)c1c(O)c3c(c(O)c1C2=O)C[C@@](O)(C(=O)NCCNC(=O)[C@H](C)NC(=O)[C@H](C)NC(=O)CNC(=O)CNC(=O)[C@H](CCCCNC(=O)COCCNC(=O)COCCNC(=O)CC[C@H](NC(C)=O)C(=O)O)NC(=O)CCNC(=O)CCCN1C(=O)C=CC1=O)C[C@@H]3O[C@H]1C[C@H]2[C@H](OC3[C@@H](OC)OCCN32)[C@H](C)O1. The van der Waals surface area contributed by atoms with E-state index in [0.29, 0.717) is 13.2 Å². The Morgan fingerprint density at radius 3 is 1.94 bits per heavy atom. The largest absolute Gasteiger partial charge is 0.507 e. The number of phenolic OH excluding ortho intramolecular Hbond substituents is 2. The van der Waals surface area contributed by atoms with Crippen molar-refractivity contribution < 1.29 is 140 Å². The molecule has 2 aromatic rings. The van der Waals surface area contributed by atoms with Gasteiger partial charge in [-0.25, -0.2) is 4.79 Å². The number of hydrogen-bond donors (Lipinski definition) is 16. The summed E-state index contributed by atoms with van der Waals surface area (Å²) in [5, 5.41) is 75.5. The van der Waals surface area contributed by atoms with Crippen LogP contribution in [0.4, 0.5) is 0 Å². The molecule has 0 bridgehead atoms. The molecule has 0 aromatic heterocycles. The average molecular weight is 1660 g/mol. The van der Waals surface area contributed by atoms with Crippen molar-refractivity contribution in [2.45, 2.75) is 171 Å². The zero-order chi connectivity index (χ0) is 86.1. The highest BCUT2D eigenvalue weighted by atomic mass is 16.7. The van der Waals surface area contributed by atoms with Crippen LogP contribution in [0.15, 0.2) is 30.4 Å². The molecule has 2 aliphatic carbocycles. The number of morpholine rings is 1. The maximum absolute atomic E-state index is 14.4. The number of amides is 14. The smallest absolute Gasteiger partial charge is 0.326 e. The van der Waals surface area contributed by atoms with E-state index < -0.39 is 216 Å². The maximum atomic E-state index is 14.4. The van der Waals surface area contributed by atoms with Crippen LogP contribution in [0.2, 0.25) is 0 Å². The van der Waals surface area contributed by atoms with Gasteiger partial charge in [0.1, 0.15) is 66.3 Å². The number of carbonyl (C=O) groups is 17. The van der Waals surface area contributed by atoms with Crippen molar-refractivity contribution in [3.63, 3.8) is 0 Å². The predicted octanol–water partition coefficient (Wildman–Crippen LogP) is -5.76. The van der Waals surface area contributed by atoms with Crippen molar-refractivity contribution in [3.05, 3.63) is 63.7 Å². The number of aliphatic carboxylic acids is 1. The number of methoxy groups -OCH3 is 2. The lowest BCUT2D eigenvalue weighted by atomic mass is 9.72. The number of aromatic hydroxyl groups is 2. The molecule has 12 atom stereocenters. The second-order valence-electron chi connectivity index (χ2n) is 28.5. The van der Waals surface area contributed by atoms with Gasteiger partial charge in [0.25, 0.3) is 17.7 Å². The molecule has 0 spiro atoms. The highest BCUT2D eigenvalue weighted by Gasteiger charge is 2.56. The molecule has 14 amide bonds. The lowest BCUT2D eigenvalue weighted by Gasteiger charge is -2.43. The van der Waals surface area contributed by atoms with Gasteiger partial charge in [0, 0.05) is 140 Å². The molecule has 8 rings (SSSR count). The topological polar surface area (TPSA) is 596 Å². The van der Waals surface area contributed by atoms with Crippen molar-refractivity contribution in [3.8, 4) is 17.2 Å². The number of fused-ring (bicyclic) bond motifs is 6. The van der Waals surface area contributed by atoms with Gasteiger partial charge in [0.05, 0.1) is 68.9 Å². The first kappa shape index (κ1) is 92.3. The summed E-state index contributed by atoms with van der Waals surface area (Å²) in [6.07, 6.45) is -3.90. The van der Waals surface area contributed by atoms with Crippen LogP contribution in [0.1, 0.15) is 141 Å². The monoisotopic (exact) mass is 1660 g/mol. The Morgan fingerprint density at radius 1 is 0.619 bits per heavy atom. The van der Waals surface area contributed by atoms with Crippen LogP contribution >= 0.6 is 0 Å². The molecule has 4 heterocycles. The number of carbonyl (C=O) groups excluding carboxylic acids is 16. The van der Waals surface area contributed by atoms with Crippen molar-refractivity contribution in [2.24, 2.45) is 0 Å². The maximum Gasteiger partial charge on any atom is 0.326 e. The number of imide groups is 1. The number of aliphatic hydroxyl groups is 1. The molecule has 4 aliphatic heterocycles. The summed E-state index contributed by atoms with van der Waals surface area (Å²) in [5.74, 6) is -13.9. The summed E-state index contributed by atoms with van der Waals surface area (Å²) in [4.78, 5) is 220. The average Bonchev–Trinajstić information content (AvgIpc) is 0.895. The Labute approximate surface area is 676 Å². The number of nitrogens with zero attached hydrogens (tertiary/aromatic N) is 2. The number of carboxylic acid groups (broad SMARTS) is 1. The molecule has 43 heteroatoms. The quantitative estimate of drug-likeness (QED) is 0.0142. The summed E-state index contributed by atoms with van der Waals surface area (Å²) in [6.45, 7) is 3.44. The molecule has 0 saturated carbocycles. The van der Waals surface area contributed by atoms with Crippen LogP contribution in [0.3, 0.4) is 0 Å². The summed E-state index contributed by atoms with van der Waals surface area (Å²) in [7, 11) is 2.79. The number of benzene rings is 2. The van der Waals surface area contributed by atoms with Gasteiger partial charge in [-0.3, -0.25) is 86.5 Å². The van der Waals surface area contributed by atoms with Gasteiger partial charge in [-0.1, -0.05) is 12.1 Å². The molecule has 1 unspecified atom stereocenters. The van der Waals surface area contributed by atoms with Gasteiger partial charge in [-0.05, 0) is 58.9 Å². The van der Waals surface area contributed by atoms with Gasteiger partial charge in [-0.2, -0.15) is 0 Å². The zero-order valence-corrected chi connectivity index (χ0v) is 66.0. The minimum absolute atomic E-state index is 0.000980. The number of ether oxygens (including phenoxy) is 8. The number of unbranched alkanes of at least 4 members (excludes halogenated alkanes) is 1. The molecule has 16 N–H and O–H groups in total. The molecule has 6 aliphatic rings. The number of hydrogen-bond acceptors (Lipinski definition) is 29. The fourth-order valence-corrected chi connectivity index (χ4v) is 14.0. The van der Waals surface area contributed by atoms with Gasteiger partial charge in [0.15, 0.2) is 24.6 Å². The van der Waals surface area contributed by atoms with Crippen LogP contribution in [0, 0.1) is 0 Å². The number of rotatable bonds is 45. The van der Waals surface area contributed by atoms with Gasteiger partial charge in [0.2, 0.25) is 70.8 Å². The summed E-state index contributed by atoms with van der Waals surface area (Å²) >= 11 is 0. The normalized spacial score (nSPS) is 21.2. The van der Waals surface area contributed by atoms with Crippen molar-refractivity contribution in [2.75, 3.05) is 113 Å². The lowest BCUT2D eigenvalue weighted by molar-refractivity contribution is -0.256. The van der Waals surface area contributed by atoms with Gasteiger partial charge in [-0.15, -0.1) is 0 Å². The highest BCUT2D eigenvalue weighted by molar-refractivity contribution is 6.31. The van der Waals surface area contributed by atoms with Gasteiger partial charge < -0.3 is 122 Å². The lowest BCUT2D eigenvalue weighted by Crippen LogP contribution is -2.56. The summed E-state index contributed by atoms with van der Waals surface area (Å²) in [6, 6.07) is -1.06. The number of phenols is 2. The highest BCUT2D eigenvalue weighted by Crippen LogP contribution is 2.53. The van der Waals surface area contributed by atoms with E-state index in [4.69, 9.17) is 43.0 Å². The van der Waals surface area contributed by atoms with E-state index in [9.17, 15) is 96.8 Å². The Kier molecular flexibility index (Phi) is 34.3. The Morgan fingerprint density at radius 2 is 1.26 bits per heavy atom. The number of ketones is 2. The third-order valence-electron chi connectivity index (χ3n) is 19.9. The van der Waals surface area contributed by atoms with Crippen LogP contribution in [0.25, 0.3) is 0 Å². The van der Waals surface area contributed by atoms with E-state index in [-0.39, 0.29) is 164 Å². The zero-order valence-electron chi connectivity index (χ0n) is 66.0. The molecule has 2 aromatic carbocycles. The molecule has 43 nitrogen and oxygen atoms in total. The summed E-state index contributed by atoms with van der Waals surface area (Å²) < 4.78 is 46.5. The molecule has 0 radical (unpaired) electrons. The van der Waals surface area contributed by atoms with Gasteiger partial charge >= 0.3 is 5.97 Å². The van der Waals surface area contributed by atoms with Crippen molar-refractivity contribution in [1.82, 2.24) is 73.6 Å². The fourth-order valence-electron chi connectivity index (χ4n) is 14.0. The minimum Gasteiger partial charge on any atom is -0.507 e.